The van der Waals surface area contributed by atoms with Crippen LogP contribution in [-0.2, 0) is 6.42 Å². The minimum absolute atomic E-state index is 0.284. The summed E-state index contributed by atoms with van der Waals surface area (Å²) in [5.74, 6) is -0.303. The van der Waals surface area contributed by atoms with Gasteiger partial charge in [0.25, 0.3) is 0 Å². The Morgan fingerprint density at radius 1 is 1.11 bits per heavy atom. The third kappa shape index (κ3) is 3.49. The molecule has 0 N–H and O–H groups in total. The van der Waals surface area contributed by atoms with Gasteiger partial charge in [-0.3, -0.25) is 0 Å². The Hall–Kier alpha value is -1.05. The van der Waals surface area contributed by atoms with Gasteiger partial charge in [-0.15, -0.1) is 11.6 Å². The van der Waals surface area contributed by atoms with Crippen LogP contribution in [0.1, 0.15) is 27.6 Å². The third-order valence-electron chi connectivity index (χ3n) is 3.05. The maximum atomic E-state index is 13.7. The van der Waals surface area contributed by atoms with E-state index in [1.165, 1.54) is 6.07 Å². The smallest absolute Gasteiger partial charge is 0.127 e. The Morgan fingerprint density at radius 2 is 1.74 bits per heavy atom. The van der Waals surface area contributed by atoms with Crippen molar-refractivity contribution in [3.8, 4) is 0 Å². The van der Waals surface area contributed by atoms with E-state index in [9.17, 15) is 4.39 Å². The minimum atomic E-state index is -0.303. The van der Waals surface area contributed by atoms with Crippen LogP contribution in [0.4, 0.5) is 4.39 Å². The molecule has 0 amide bonds. The molecule has 2 aromatic carbocycles. The quantitative estimate of drug-likeness (QED) is 0.645. The zero-order valence-corrected chi connectivity index (χ0v) is 12.4. The topological polar surface area (TPSA) is 0 Å². The van der Waals surface area contributed by atoms with Crippen LogP contribution in [0.15, 0.2) is 36.4 Å². The van der Waals surface area contributed by atoms with Gasteiger partial charge in [0, 0.05) is 10.6 Å². The summed E-state index contributed by atoms with van der Waals surface area (Å²) in [5, 5.41) is 0.142. The second kappa shape index (κ2) is 5.94. The van der Waals surface area contributed by atoms with E-state index in [1.807, 2.05) is 26.0 Å². The molecule has 0 aliphatic heterocycles. The Labute approximate surface area is 123 Å². The van der Waals surface area contributed by atoms with Crippen molar-refractivity contribution in [2.45, 2.75) is 25.6 Å². The standard InChI is InChI=1S/C16H15Cl2F/c1-10-6-11(2)8-12(7-10)15(18)9-13-14(17)4-3-5-16(13)19/h3-8,15H,9H2,1-2H3. The molecule has 0 nitrogen and oxygen atoms in total. The van der Waals surface area contributed by atoms with Crippen molar-refractivity contribution in [2.75, 3.05) is 0 Å². The number of halogens is 3. The monoisotopic (exact) mass is 296 g/mol. The summed E-state index contributed by atoms with van der Waals surface area (Å²) in [6, 6.07) is 10.8. The van der Waals surface area contributed by atoms with Gasteiger partial charge in [0.2, 0.25) is 0 Å². The summed E-state index contributed by atoms with van der Waals surface area (Å²) in [4.78, 5) is 0. The van der Waals surface area contributed by atoms with Crippen LogP contribution >= 0.6 is 23.2 Å². The second-order valence-electron chi connectivity index (χ2n) is 4.79. The highest BCUT2D eigenvalue weighted by Crippen LogP contribution is 2.30. The maximum Gasteiger partial charge on any atom is 0.127 e. The van der Waals surface area contributed by atoms with E-state index < -0.39 is 0 Å². The predicted octanol–water partition coefficient (Wildman–Crippen LogP) is 5.62. The summed E-state index contributed by atoms with van der Waals surface area (Å²) in [6.07, 6.45) is 0.385. The summed E-state index contributed by atoms with van der Waals surface area (Å²) < 4.78 is 13.7. The molecule has 0 spiro atoms. The van der Waals surface area contributed by atoms with Gasteiger partial charge in [0.15, 0.2) is 0 Å². The zero-order valence-electron chi connectivity index (χ0n) is 10.9. The lowest BCUT2D eigenvalue weighted by atomic mass is 10.00. The summed E-state index contributed by atoms with van der Waals surface area (Å²) >= 11 is 12.4. The Bertz CT molecular complexity index is 553. The van der Waals surface area contributed by atoms with E-state index in [-0.39, 0.29) is 11.2 Å². The maximum absolute atomic E-state index is 13.7. The van der Waals surface area contributed by atoms with Crippen LogP contribution in [-0.4, -0.2) is 0 Å². The third-order valence-corrected chi connectivity index (χ3v) is 3.81. The lowest BCUT2D eigenvalue weighted by molar-refractivity contribution is 0.607. The lowest BCUT2D eigenvalue weighted by Gasteiger charge is -2.13. The molecule has 0 aliphatic carbocycles. The van der Waals surface area contributed by atoms with Crippen molar-refractivity contribution in [1.29, 1.82) is 0 Å². The van der Waals surface area contributed by atoms with Crippen LogP contribution < -0.4 is 0 Å². The van der Waals surface area contributed by atoms with E-state index >= 15 is 0 Å². The van der Waals surface area contributed by atoms with Gasteiger partial charge in [-0.2, -0.15) is 0 Å². The Kier molecular flexibility index (Phi) is 4.49. The number of benzene rings is 2. The first-order valence-electron chi connectivity index (χ1n) is 6.12. The molecule has 0 aromatic heterocycles. The first-order chi connectivity index (χ1) is 8.97. The van der Waals surface area contributed by atoms with E-state index in [0.717, 1.165) is 16.7 Å². The molecular weight excluding hydrogens is 282 g/mol. The van der Waals surface area contributed by atoms with Gasteiger partial charge in [-0.25, -0.2) is 4.39 Å². The van der Waals surface area contributed by atoms with Crippen LogP contribution in [0.25, 0.3) is 0 Å². The molecule has 2 aromatic rings. The summed E-state index contributed by atoms with van der Waals surface area (Å²) in [5.41, 5.74) is 3.78. The van der Waals surface area contributed by atoms with Gasteiger partial charge in [0.1, 0.15) is 5.82 Å². The molecular formula is C16H15Cl2F. The van der Waals surface area contributed by atoms with Gasteiger partial charge >= 0.3 is 0 Å². The normalized spacial score (nSPS) is 12.5. The molecule has 0 bridgehead atoms. The van der Waals surface area contributed by atoms with Crippen molar-refractivity contribution in [3.63, 3.8) is 0 Å². The molecule has 0 aliphatic rings. The minimum Gasteiger partial charge on any atom is -0.207 e. The van der Waals surface area contributed by atoms with E-state index in [2.05, 4.69) is 6.07 Å². The summed E-state index contributed by atoms with van der Waals surface area (Å²) in [7, 11) is 0. The van der Waals surface area contributed by atoms with Gasteiger partial charge < -0.3 is 0 Å². The molecule has 0 fully saturated rings. The van der Waals surface area contributed by atoms with E-state index in [0.29, 0.717) is 17.0 Å². The number of alkyl halides is 1. The van der Waals surface area contributed by atoms with Crippen LogP contribution in [0.5, 0.6) is 0 Å². The van der Waals surface area contributed by atoms with Crippen molar-refractivity contribution in [3.05, 3.63) is 69.5 Å². The number of hydrogen-bond acceptors (Lipinski definition) is 0. The van der Waals surface area contributed by atoms with Gasteiger partial charge in [-0.1, -0.05) is 47.0 Å². The van der Waals surface area contributed by atoms with Crippen molar-refractivity contribution >= 4 is 23.2 Å². The van der Waals surface area contributed by atoms with Crippen LogP contribution in [0, 0.1) is 19.7 Å². The molecule has 0 saturated carbocycles. The largest absolute Gasteiger partial charge is 0.207 e. The van der Waals surface area contributed by atoms with Crippen molar-refractivity contribution in [1.82, 2.24) is 0 Å². The van der Waals surface area contributed by atoms with E-state index in [4.69, 9.17) is 23.2 Å². The summed E-state index contributed by atoms with van der Waals surface area (Å²) in [6.45, 7) is 4.05. The highest BCUT2D eigenvalue weighted by Gasteiger charge is 2.15. The van der Waals surface area contributed by atoms with Crippen LogP contribution in [0.3, 0.4) is 0 Å². The first-order valence-corrected chi connectivity index (χ1v) is 6.94. The predicted molar refractivity (Wildman–Crippen MR) is 79.6 cm³/mol. The van der Waals surface area contributed by atoms with E-state index in [1.54, 1.807) is 12.1 Å². The average Bonchev–Trinajstić information content (AvgIpc) is 2.32. The molecule has 0 saturated heterocycles. The van der Waals surface area contributed by atoms with Gasteiger partial charge in [-0.05, 0) is 38.0 Å². The number of hydrogen-bond donors (Lipinski definition) is 0. The Balaban J connectivity index is 2.28. The molecule has 0 radical (unpaired) electrons. The molecule has 1 unspecified atom stereocenters. The first kappa shape index (κ1) is 14.4. The Morgan fingerprint density at radius 3 is 2.32 bits per heavy atom. The fourth-order valence-corrected chi connectivity index (χ4v) is 2.74. The number of rotatable bonds is 3. The van der Waals surface area contributed by atoms with Gasteiger partial charge in [0.05, 0.1) is 5.38 Å². The highest BCUT2D eigenvalue weighted by atomic mass is 35.5. The molecule has 2 rings (SSSR count). The van der Waals surface area contributed by atoms with Crippen molar-refractivity contribution < 1.29 is 4.39 Å². The highest BCUT2D eigenvalue weighted by molar-refractivity contribution is 6.31. The SMILES string of the molecule is Cc1cc(C)cc(C(Cl)Cc2c(F)cccc2Cl)c1. The fourth-order valence-electron chi connectivity index (χ4n) is 2.22. The average molecular weight is 297 g/mol. The number of aryl methyl sites for hydroxylation is 2. The molecule has 19 heavy (non-hydrogen) atoms. The lowest BCUT2D eigenvalue weighted by Crippen LogP contribution is -2.00. The zero-order chi connectivity index (χ0) is 14.0. The fraction of sp³-hybridized carbons (Fsp3) is 0.250. The van der Waals surface area contributed by atoms with Crippen molar-refractivity contribution in [2.24, 2.45) is 0 Å². The molecule has 100 valence electrons. The molecule has 3 heteroatoms. The second-order valence-corrected chi connectivity index (χ2v) is 5.73. The molecule has 0 heterocycles. The van der Waals surface area contributed by atoms with Crippen LogP contribution in [0.2, 0.25) is 5.02 Å². The molecule has 1 atom stereocenters.